The zero-order valence-corrected chi connectivity index (χ0v) is 17.3. The predicted octanol–water partition coefficient (Wildman–Crippen LogP) is 1.39. The highest BCUT2D eigenvalue weighted by Crippen LogP contribution is 2.19. The van der Waals surface area contributed by atoms with Crippen molar-refractivity contribution in [3.63, 3.8) is 0 Å². The van der Waals surface area contributed by atoms with E-state index in [0.29, 0.717) is 23.1 Å². The number of carbonyl (C=O) groups excluding carboxylic acids is 3. The third-order valence-corrected chi connectivity index (χ3v) is 4.62. The maximum atomic E-state index is 12.4. The molecule has 0 bridgehead atoms. The van der Waals surface area contributed by atoms with Crippen LogP contribution in [0.25, 0.3) is 0 Å². The third-order valence-electron chi connectivity index (χ3n) is 3.85. The molecule has 2 amide bonds. The van der Waals surface area contributed by atoms with Crippen molar-refractivity contribution in [3.05, 3.63) is 33.8 Å². The number of thiocarbonyl (C=S) groups is 1. The average molecular weight is 448 g/mol. The van der Waals surface area contributed by atoms with E-state index in [2.05, 4.69) is 10.6 Å². The quantitative estimate of drug-likeness (QED) is 0.386. The maximum Gasteiger partial charge on any atom is 0.308 e. The molecule has 152 valence electrons. The molecule has 1 aromatic carbocycles. The Hall–Kier alpha value is -1.94. The number of halogens is 2. The summed E-state index contributed by atoms with van der Waals surface area (Å²) in [6, 6.07) is 3.50. The van der Waals surface area contributed by atoms with E-state index in [4.69, 9.17) is 44.9 Å². The van der Waals surface area contributed by atoms with Gasteiger partial charge in [-0.1, -0.05) is 23.2 Å². The summed E-state index contributed by atoms with van der Waals surface area (Å²) in [4.78, 5) is 38.1. The lowest BCUT2D eigenvalue weighted by molar-refractivity contribution is -0.148. The van der Waals surface area contributed by atoms with Crippen molar-refractivity contribution in [1.29, 1.82) is 0 Å². The van der Waals surface area contributed by atoms with E-state index < -0.39 is 17.9 Å². The Morgan fingerprint density at radius 1 is 1.29 bits per heavy atom. The number of hydrogen-bond acceptors (Lipinski definition) is 6. The highest BCUT2D eigenvalue weighted by molar-refractivity contribution is 7.80. The van der Waals surface area contributed by atoms with E-state index in [0.717, 1.165) is 0 Å². The number of nitrogens with zero attached hydrogens (tertiary/aromatic N) is 1. The fourth-order valence-corrected chi connectivity index (χ4v) is 3.38. The van der Waals surface area contributed by atoms with Crippen LogP contribution in [0.2, 0.25) is 10.0 Å². The molecule has 1 aliphatic heterocycles. The van der Waals surface area contributed by atoms with Gasteiger partial charge in [0, 0.05) is 35.8 Å². The average Bonchev–Trinajstić information content (AvgIpc) is 2.62. The van der Waals surface area contributed by atoms with Gasteiger partial charge in [0.2, 0.25) is 5.91 Å². The van der Waals surface area contributed by atoms with Crippen LogP contribution in [0.4, 0.5) is 0 Å². The molecule has 0 saturated carbocycles. The Labute approximate surface area is 177 Å². The number of hydrogen-bond donors (Lipinski definition) is 2. The van der Waals surface area contributed by atoms with E-state index in [-0.39, 0.29) is 36.2 Å². The van der Waals surface area contributed by atoms with Gasteiger partial charge in [0.25, 0.3) is 5.91 Å². The molecule has 2 N–H and O–H groups in total. The first-order valence-electron chi connectivity index (χ1n) is 8.32. The van der Waals surface area contributed by atoms with Crippen LogP contribution >= 0.6 is 35.4 Å². The molecule has 0 aliphatic carbocycles. The molecule has 28 heavy (non-hydrogen) atoms. The fraction of sp³-hybridized carbons (Fsp3) is 0.412. The number of methoxy groups -OCH3 is 1. The van der Waals surface area contributed by atoms with Gasteiger partial charge in [-0.05, 0) is 30.4 Å². The molecule has 11 heteroatoms. The molecular formula is C17H19Cl2N3O5S. The van der Waals surface area contributed by atoms with E-state index in [9.17, 15) is 14.4 Å². The molecule has 0 spiro atoms. The van der Waals surface area contributed by atoms with Crippen LogP contribution < -0.4 is 10.6 Å². The molecule has 1 aliphatic rings. The van der Waals surface area contributed by atoms with Crippen molar-refractivity contribution in [1.82, 2.24) is 15.5 Å². The Morgan fingerprint density at radius 3 is 2.61 bits per heavy atom. The molecule has 8 nitrogen and oxygen atoms in total. The van der Waals surface area contributed by atoms with Gasteiger partial charge in [-0.2, -0.15) is 0 Å². The standard InChI is InChI=1S/C17H19Cl2N3O5S/c1-26-4-5-27-14(23)9-13-16(25)20-2-3-22(13)17(28)21-15(24)10-6-11(18)8-12(19)7-10/h6-8,13H,2-5,9H2,1H3,(H,20,25)(H,21,24,28). The number of amides is 2. The molecule has 1 unspecified atom stereocenters. The first kappa shape index (κ1) is 22.4. The van der Waals surface area contributed by atoms with Gasteiger partial charge in [-0.25, -0.2) is 0 Å². The number of ether oxygens (including phenoxy) is 2. The summed E-state index contributed by atoms with van der Waals surface area (Å²) >= 11 is 17.1. The number of benzene rings is 1. The SMILES string of the molecule is COCCOC(=O)CC1C(=O)NCCN1C(=S)NC(=O)c1cc(Cl)cc(Cl)c1. The van der Waals surface area contributed by atoms with Crippen LogP contribution in [0, 0.1) is 0 Å². The van der Waals surface area contributed by atoms with E-state index >= 15 is 0 Å². The largest absolute Gasteiger partial charge is 0.463 e. The minimum Gasteiger partial charge on any atom is -0.463 e. The van der Waals surface area contributed by atoms with Gasteiger partial charge in [-0.15, -0.1) is 0 Å². The van der Waals surface area contributed by atoms with Gasteiger partial charge >= 0.3 is 5.97 Å². The molecule has 0 radical (unpaired) electrons. The number of esters is 1. The molecule has 1 saturated heterocycles. The topological polar surface area (TPSA) is 97.0 Å². The lowest BCUT2D eigenvalue weighted by Gasteiger charge is -2.36. The first-order chi connectivity index (χ1) is 13.3. The summed E-state index contributed by atoms with van der Waals surface area (Å²) in [5.41, 5.74) is 0.219. The highest BCUT2D eigenvalue weighted by atomic mass is 35.5. The molecule has 1 heterocycles. The van der Waals surface area contributed by atoms with Crippen molar-refractivity contribution in [2.24, 2.45) is 0 Å². The maximum absolute atomic E-state index is 12.4. The van der Waals surface area contributed by atoms with Gasteiger partial charge in [0.15, 0.2) is 5.11 Å². The summed E-state index contributed by atoms with van der Waals surface area (Å²) in [5.74, 6) is -1.47. The van der Waals surface area contributed by atoms with Crippen LogP contribution in [-0.4, -0.2) is 67.3 Å². The van der Waals surface area contributed by atoms with Gasteiger partial charge < -0.3 is 19.7 Å². The van der Waals surface area contributed by atoms with Crippen molar-refractivity contribution < 1.29 is 23.9 Å². The van der Waals surface area contributed by atoms with Gasteiger partial charge in [0.05, 0.1) is 13.0 Å². The van der Waals surface area contributed by atoms with E-state index in [1.807, 2.05) is 0 Å². The summed E-state index contributed by atoms with van der Waals surface area (Å²) in [5, 5.41) is 5.84. The predicted molar refractivity (Wildman–Crippen MR) is 107 cm³/mol. The lowest BCUT2D eigenvalue weighted by atomic mass is 10.1. The van der Waals surface area contributed by atoms with Crippen LogP contribution in [0.15, 0.2) is 18.2 Å². The fourth-order valence-electron chi connectivity index (χ4n) is 2.54. The minimum atomic E-state index is -0.889. The molecule has 0 aromatic heterocycles. The number of rotatable bonds is 6. The molecule has 1 fully saturated rings. The van der Waals surface area contributed by atoms with Crippen molar-refractivity contribution >= 4 is 58.3 Å². The van der Waals surface area contributed by atoms with E-state index in [1.165, 1.54) is 30.2 Å². The third kappa shape index (κ3) is 6.30. The monoisotopic (exact) mass is 447 g/mol. The summed E-state index contributed by atoms with van der Waals surface area (Å²) in [7, 11) is 1.48. The Bertz CT molecular complexity index is 757. The normalized spacial score (nSPS) is 16.3. The minimum absolute atomic E-state index is 0.0191. The van der Waals surface area contributed by atoms with Crippen LogP contribution in [0.5, 0.6) is 0 Å². The number of nitrogens with one attached hydrogen (secondary N) is 2. The van der Waals surface area contributed by atoms with Crippen molar-refractivity contribution in [2.75, 3.05) is 33.4 Å². The second-order valence-electron chi connectivity index (χ2n) is 5.84. The summed E-state index contributed by atoms with van der Waals surface area (Å²) in [6.45, 7) is 0.994. The second kappa shape index (κ2) is 10.6. The van der Waals surface area contributed by atoms with Crippen LogP contribution in [0.3, 0.4) is 0 Å². The summed E-state index contributed by atoms with van der Waals surface area (Å²) < 4.78 is 9.82. The van der Waals surface area contributed by atoms with Gasteiger partial charge in [0.1, 0.15) is 12.6 Å². The van der Waals surface area contributed by atoms with Gasteiger partial charge in [-0.3, -0.25) is 19.7 Å². The van der Waals surface area contributed by atoms with Crippen molar-refractivity contribution in [2.45, 2.75) is 12.5 Å². The van der Waals surface area contributed by atoms with E-state index in [1.54, 1.807) is 0 Å². The highest BCUT2D eigenvalue weighted by Gasteiger charge is 2.34. The number of piperazine rings is 1. The zero-order chi connectivity index (χ0) is 20.7. The van der Waals surface area contributed by atoms with Crippen molar-refractivity contribution in [3.8, 4) is 0 Å². The Morgan fingerprint density at radius 2 is 1.96 bits per heavy atom. The molecule has 1 aromatic rings. The second-order valence-corrected chi connectivity index (χ2v) is 7.09. The first-order valence-corrected chi connectivity index (χ1v) is 9.48. The molecular weight excluding hydrogens is 429 g/mol. The molecule has 1 atom stereocenters. The lowest BCUT2D eigenvalue weighted by Crippen LogP contribution is -2.60. The zero-order valence-electron chi connectivity index (χ0n) is 15.0. The number of carbonyl (C=O) groups is 3. The van der Waals surface area contributed by atoms with Crippen LogP contribution in [0.1, 0.15) is 16.8 Å². The van der Waals surface area contributed by atoms with Crippen LogP contribution in [-0.2, 0) is 19.1 Å². The Balaban J connectivity index is 2.04. The smallest absolute Gasteiger partial charge is 0.308 e. The summed E-state index contributed by atoms with van der Waals surface area (Å²) in [6.07, 6.45) is -0.214. The molecule has 2 rings (SSSR count). The Kier molecular flexibility index (Phi) is 8.43.